The number of fused-ring (bicyclic) bond motifs is 1. The van der Waals surface area contributed by atoms with Gasteiger partial charge in [0.05, 0.1) is 23.1 Å². The van der Waals surface area contributed by atoms with Crippen LogP contribution in [-0.4, -0.2) is 73.1 Å². The minimum Gasteiger partial charge on any atom is -0.488 e. The molecule has 0 saturated heterocycles. The number of rotatable bonds is 9. The van der Waals surface area contributed by atoms with Crippen LogP contribution in [0.2, 0.25) is 0 Å². The van der Waals surface area contributed by atoms with E-state index < -0.39 is 16.1 Å². The van der Waals surface area contributed by atoms with Crippen LogP contribution in [-0.2, 0) is 16.6 Å². The van der Waals surface area contributed by atoms with E-state index in [-0.39, 0.29) is 40.7 Å². The van der Waals surface area contributed by atoms with Crippen LogP contribution in [0.25, 0.3) is 0 Å². The normalized spacial score (nSPS) is 18.8. The third kappa shape index (κ3) is 6.50. The monoisotopic (exact) mass is 538 g/mol. The molecule has 1 aromatic heterocycles. The zero-order valence-electron chi connectivity index (χ0n) is 21.8. The van der Waals surface area contributed by atoms with Crippen LogP contribution in [0.4, 0.5) is 5.69 Å². The van der Waals surface area contributed by atoms with Crippen LogP contribution >= 0.6 is 0 Å². The van der Waals surface area contributed by atoms with Crippen molar-refractivity contribution in [1.82, 2.24) is 14.8 Å². The van der Waals surface area contributed by atoms with Crippen molar-refractivity contribution in [2.75, 3.05) is 31.5 Å². The number of aromatic nitrogens is 1. The van der Waals surface area contributed by atoms with Crippen molar-refractivity contribution < 1.29 is 23.1 Å². The molecule has 1 aliphatic heterocycles. The zero-order valence-corrected chi connectivity index (χ0v) is 22.6. The Balaban J connectivity index is 1.63. The van der Waals surface area contributed by atoms with E-state index in [1.807, 2.05) is 26.1 Å². The van der Waals surface area contributed by atoms with E-state index in [1.54, 1.807) is 54.5 Å². The van der Waals surface area contributed by atoms with Gasteiger partial charge in [0.1, 0.15) is 11.9 Å². The quantitative estimate of drug-likeness (QED) is 0.430. The molecule has 1 amide bonds. The molecule has 0 radical (unpaired) electrons. The van der Waals surface area contributed by atoms with Gasteiger partial charge in [0.2, 0.25) is 0 Å². The molecule has 2 N–H and O–H groups in total. The summed E-state index contributed by atoms with van der Waals surface area (Å²) in [6.45, 7) is 5.32. The number of ether oxygens (including phenoxy) is 1. The molecule has 0 unspecified atom stereocenters. The first-order valence-electron chi connectivity index (χ1n) is 12.6. The van der Waals surface area contributed by atoms with Crippen molar-refractivity contribution in [3.05, 3.63) is 84.2 Å². The lowest BCUT2D eigenvalue weighted by atomic mass is 9.99. The highest BCUT2D eigenvalue weighted by Crippen LogP contribution is 2.31. The average Bonchev–Trinajstić information content (AvgIpc) is 2.91. The molecule has 0 saturated carbocycles. The first-order valence-corrected chi connectivity index (χ1v) is 14.0. The third-order valence-electron chi connectivity index (χ3n) is 6.66. The lowest BCUT2D eigenvalue weighted by Gasteiger charge is -2.38. The summed E-state index contributed by atoms with van der Waals surface area (Å²) in [5, 5.41) is 9.88. The number of sulfonamides is 1. The molecule has 1 aliphatic rings. The molecule has 0 spiro atoms. The van der Waals surface area contributed by atoms with Crippen molar-refractivity contribution in [2.45, 2.75) is 37.4 Å². The highest BCUT2D eigenvalue weighted by molar-refractivity contribution is 7.92. The lowest BCUT2D eigenvalue weighted by molar-refractivity contribution is 0.0341. The fourth-order valence-electron chi connectivity index (χ4n) is 4.49. The summed E-state index contributed by atoms with van der Waals surface area (Å²) in [5.41, 5.74) is 1.62. The Morgan fingerprint density at radius 2 is 1.87 bits per heavy atom. The number of nitrogens with one attached hydrogen (secondary N) is 1. The van der Waals surface area contributed by atoms with Crippen LogP contribution in [0.3, 0.4) is 0 Å². The number of carbonyl (C=O) groups is 1. The molecule has 4 rings (SSSR count). The minimum absolute atomic E-state index is 0.0303. The predicted octanol–water partition coefficient (Wildman–Crippen LogP) is 3.23. The summed E-state index contributed by atoms with van der Waals surface area (Å²) in [4.78, 5) is 21.6. The Kier molecular flexibility index (Phi) is 8.65. The number of hydrogen-bond acceptors (Lipinski definition) is 7. The van der Waals surface area contributed by atoms with E-state index in [1.165, 1.54) is 18.2 Å². The fraction of sp³-hybridized carbons (Fsp3) is 0.357. The summed E-state index contributed by atoms with van der Waals surface area (Å²) in [5.74, 6) is 0.0247. The molecule has 38 heavy (non-hydrogen) atoms. The van der Waals surface area contributed by atoms with Crippen LogP contribution in [0.5, 0.6) is 5.75 Å². The van der Waals surface area contributed by atoms with E-state index in [9.17, 15) is 18.3 Å². The molecule has 0 bridgehead atoms. The van der Waals surface area contributed by atoms with Gasteiger partial charge in [-0.2, -0.15) is 0 Å². The van der Waals surface area contributed by atoms with Crippen LogP contribution in [0, 0.1) is 5.92 Å². The van der Waals surface area contributed by atoms with Gasteiger partial charge >= 0.3 is 0 Å². The smallest absolute Gasteiger partial charge is 0.261 e. The van der Waals surface area contributed by atoms with Crippen molar-refractivity contribution in [3.63, 3.8) is 0 Å². The van der Waals surface area contributed by atoms with Gasteiger partial charge in [-0.05, 0) is 62.0 Å². The predicted molar refractivity (Wildman–Crippen MR) is 145 cm³/mol. The second kappa shape index (κ2) is 11.9. The Labute approximate surface area is 224 Å². The molecule has 0 aliphatic carbocycles. The van der Waals surface area contributed by atoms with Gasteiger partial charge in [-0.25, -0.2) is 8.42 Å². The van der Waals surface area contributed by atoms with Gasteiger partial charge in [0.25, 0.3) is 15.9 Å². The number of pyridine rings is 1. The summed E-state index contributed by atoms with van der Waals surface area (Å²) in [6.07, 6.45) is 3.27. The number of aliphatic hydroxyl groups excluding tert-OH is 1. The number of likely N-dealkylation sites (N-methyl/N-ethyl adjacent to an activating group) is 1. The third-order valence-corrected chi connectivity index (χ3v) is 8.06. The largest absolute Gasteiger partial charge is 0.488 e. The van der Waals surface area contributed by atoms with Gasteiger partial charge in [0, 0.05) is 43.6 Å². The zero-order chi connectivity index (χ0) is 27.3. The first kappa shape index (κ1) is 27.6. The van der Waals surface area contributed by atoms with Gasteiger partial charge in [-0.3, -0.25) is 19.4 Å². The minimum atomic E-state index is -3.84. The molecule has 3 atom stereocenters. The van der Waals surface area contributed by atoms with Crippen LogP contribution in [0.1, 0.15) is 29.8 Å². The van der Waals surface area contributed by atoms with E-state index in [0.29, 0.717) is 25.4 Å². The SMILES string of the molecule is C[C@H](CO)N1C[C@H](C)[C@@H](CN(C)Cc2ccncc2)Oc2ccc(NS(=O)(=O)c3ccccc3)cc2C1=O. The fourth-order valence-corrected chi connectivity index (χ4v) is 5.56. The number of carbonyl (C=O) groups excluding carboxylic acids is 1. The topological polar surface area (TPSA) is 112 Å². The number of benzene rings is 2. The molecule has 202 valence electrons. The molecule has 0 fully saturated rings. The van der Waals surface area contributed by atoms with E-state index in [0.717, 1.165) is 5.56 Å². The van der Waals surface area contributed by atoms with E-state index in [2.05, 4.69) is 14.6 Å². The van der Waals surface area contributed by atoms with E-state index in [4.69, 9.17) is 4.74 Å². The molecule has 3 aromatic rings. The van der Waals surface area contributed by atoms with Crippen LogP contribution in [0.15, 0.2) is 78.0 Å². The van der Waals surface area contributed by atoms with Gasteiger partial charge in [-0.15, -0.1) is 0 Å². The number of anilines is 1. The first-order chi connectivity index (χ1) is 18.2. The van der Waals surface area contributed by atoms with E-state index >= 15 is 0 Å². The molecule has 2 heterocycles. The van der Waals surface area contributed by atoms with Crippen molar-refractivity contribution in [2.24, 2.45) is 5.92 Å². The number of hydrogen-bond donors (Lipinski definition) is 2. The van der Waals surface area contributed by atoms with Crippen molar-refractivity contribution in [3.8, 4) is 5.75 Å². The standard InChI is InChI=1S/C28H34N4O5S/c1-20-16-32(21(2)19-33)28(34)25-15-23(30-38(35,36)24-7-5-4-6-8-24)9-10-26(25)37-27(20)18-31(3)17-22-11-13-29-14-12-22/h4-15,20-21,27,30,33H,16-19H2,1-3H3/t20-,21+,27+/m0/s1. The van der Waals surface area contributed by atoms with Crippen LogP contribution < -0.4 is 9.46 Å². The van der Waals surface area contributed by atoms with Crippen molar-refractivity contribution in [1.29, 1.82) is 0 Å². The maximum absolute atomic E-state index is 13.6. The van der Waals surface area contributed by atoms with Gasteiger partial charge in [0.15, 0.2) is 0 Å². The Hall–Kier alpha value is -3.47. The number of aliphatic hydroxyl groups is 1. The highest BCUT2D eigenvalue weighted by atomic mass is 32.2. The van der Waals surface area contributed by atoms with Gasteiger partial charge < -0.3 is 14.7 Å². The molecule has 9 nitrogen and oxygen atoms in total. The maximum Gasteiger partial charge on any atom is 0.261 e. The second-order valence-electron chi connectivity index (χ2n) is 9.80. The molecular weight excluding hydrogens is 504 g/mol. The number of nitrogens with zero attached hydrogens (tertiary/aromatic N) is 3. The lowest BCUT2D eigenvalue weighted by Crippen LogP contribution is -2.49. The number of amides is 1. The summed E-state index contributed by atoms with van der Waals surface area (Å²) in [7, 11) is -1.83. The Morgan fingerprint density at radius 3 is 2.55 bits per heavy atom. The molecular formula is C28H34N4O5S. The Morgan fingerprint density at radius 1 is 1.16 bits per heavy atom. The molecule has 2 aromatic carbocycles. The van der Waals surface area contributed by atoms with Gasteiger partial charge in [-0.1, -0.05) is 25.1 Å². The highest BCUT2D eigenvalue weighted by Gasteiger charge is 2.33. The Bertz CT molecular complexity index is 1340. The summed E-state index contributed by atoms with van der Waals surface area (Å²) < 4.78 is 34.7. The van der Waals surface area contributed by atoms with Crippen molar-refractivity contribution >= 4 is 21.6 Å². The summed E-state index contributed by atoms with van der Waals surface area (Å²) >= 11 is 0. The molecule has 10 heteroatoms. The maximum atomic E-state index is 13.6. The summed E-state index contributed by atoms with van der Waals surface area (Å²) in [6, 6.07) is 16.3. The second-order valence-corrected chi connectivity index (χ2v) is 11.5. The average molecular weight is 539 g/mol.